The third kappa shape index (κ3) is 5.91. The molecular weight excluding hydrogens is 455 g/mol. The monoisotopic (exact) mass is 482 g/mol. The Morgan fingerprint density at radius 1 is 1.15 bits per heavy atom. The lowest BCUT2D eigenvalue weighted by Crippen LogP contribution is -2.37. The third-order valence-electron chi connectivity index (χ3n) is 4.15. The molecule has 2 N–H and O–H groups in total. The number of hydrogen-bond donors (Lipinski definition) is 2. The lowest BCUT2D eigenvalue weighted by Gasteiger charge is -2.11. The summed E-state index contributed by atoms with van der Waals surface area (Å²) < 4.78 is 4.14. The number of nitrogens with zero attached hydrogens (tertiary/aromatic N) is 6. The third-order valence-corrected chi connectivity index (χ3v) is 4.15. The molecule has 8 nitrogen and oxygen atoms in total. The Labute approximate surface area is 176 Å². The number of unbranched alkanes of at least 4 members (excludes halogenated alkanes) is 1. The van der Waals surface area contributed by atoms with Crippen LogP contribution >= 0.6 is 24.0 Å². The fraction of sp³-hybridized carbons (Fsp3) is 0.444. The molecule has 0 unspecified atom stereocenters. The largest absolute Gasteiger partial charge is 0.357 e. The summed E-state index contributed by atoms with van der Waals surface area (Å²) in [6.07, 6.45) is 7.99. The summed E-state index contributed by atoms with van der Waals surface area (Å²) >= 11 is 0. The van der Waals surface area contributed by atoms with Crippen LogP contribution < -0.4 is 10.6 Å². The van der Waals surface area contributed by atoms with Crippen LogP contribution in [0.1, 0.15) is 31.4 Å². The highest BCUT2D eigenvalue weighted by Gasteiger charge is 2.04. The molecule has 0 fully saturated rings. The molecule has 0 amide bonds. The van der Waals surface area contributed by atoms with E-state index in [2.05, 4.69) is 42.3 Å². The van der Waals surface area contributed by atoms with E-state index < -0.39 is 0 Å². The molecule has 3 aromatic heterocycles. The standard InChI is InChI=1S/C18H26N8.HI/c1-3-19-18(21-9-5-7-11-25-13-10-20-15(25)2)22-14-17-24-23-16-8-4-6-12-26(16)17;/h4,6,8,10,12-13H,3,5,7,9,11,14H2,1-2H3,(H2,19,21,22);1H. The summed E-state index contributed by atoms with van der Waals surface area (Å²) in [6, 6.07) is 5.86. The number of aliphatic imine (C=N–C) groups is 1. The predicted octanol–water partition coefficient (Wildman–Crippen LogP) is 2.39. The van der Waals surface area contributed by atoms with Crippen LogP contribution in [-0.4, -0.2) is 43.2 Å². The number of halogens is 1. The van der Waals surface area contributed by atoms with Crippen LogP contribution in [0.25, 0.3) is 5.65 Å². The minimum atomic E-state index is 0. The zero-order chi connectivity index (χ0) is 18.2. The molecule has 9 heteroatoms. The lowest BCUT2D eigenvalue weighted by molar-refractivity contribution is 0.588. The first-order chi connectivity index (χ1) is 12.8. The second-order valence-corrected chi connectivity index (χ2v) is 6.04. The number of rotatable bonds is 8. The van der Waals surface area contributed by atoms with E-state index in [1.54, 1.807) is 0 Å². The molecule has 0 spiro atoms. The molecule has 0 aliphatic heterocycles. The van der Waals surface area contributed by atoms with Crippen molar-refractivity contribution in [1.82, 2.24) is 34.8 Å². The molecule has 3 heterocycles. The van der Waals surface area contributed by atoms with E-state index in [0.717, 1.165) is 55.7 Å². The maximum Gasteiger partial charge on any atom is 0.191 e. The van der Waals surface area contributed by atoms with Crippen molar-refractivity contribution in [3.63, 3.8) is 0 Å². The van der Waals surface area contributed by atoms with Gasteiger partial charge in [0.2, 0.25) is 0 Å². The molecule has 3 rings (SSSR count). The molecule has 0 saturated heterocycles. The summed E-state index contributed by atoms with van der Waals surface area (Å²) in [5, 5.41) is 15.0. The molecular formula is C18H27IN8. The first kappa shape index (κ1) is 21.1. The van der Waals surface area contributed by atoms with Crippen molar-refractivity contribution in [3.8, 4) is 0 Å². The van der Waals surface area contributed by atoms with E-state index in [-0.39, 0.29) is 24.0 Å². The SMILES string of the molecule is CCNC(=NCc1nnc2ccccn12)NCCCCn1ccnc1C.I. The summed E-state index contributed by atoms with van der Waals surface area (Å²) in [5.41, 5.74) is 0.838. The highest BCUT2D eigenvalue weighted by atomic mass is 127. The highest BCUT2D eigenvalue weighted by molar-refractivity contribution is 14.0. The van der Waals surface area contributed by atoms with Gasteiger partial charge in [-0.15, -0.1) is 34.2 Å². The van der Waals surface area contributed by atoms with Gasteiger partial charge in [-0.25, -0.2) is 9.98 Å². The van der Waals surface area contributed by atoms with Crippen molar-refractivity contribution in [1.29, 1.82) is 0 Å². The van der Waals surface area contributed by atoms with Crippen LogP contribution in [0.5, 0.6) is 0 Å². The molecule has 0 aromatic carbocycles. The summed E-state index contributed by atoms with van der Waals surface area (Å²) in [7, 11) is 0. The first-order valence-electron chi connectivity index (χ1n) is 9.06. The van der Waals surface area contributed by atoms with E-state index in [4.69, 9.17) is 0 Å². The van der Waals surface area contributed by atoms with Gasteiger partial charge in [0.1, 0.15) is 12.4 Å². The van der Waals surface area contributed by atoms with Crippen LogP contribution in [0.2, 0.25) is 0 Å². The van der Waals surface area contributed by atoms with E-state index in [9.17, 15) is 0 Å². The van der Waals surface area contributed by atoms with Crippen LogP contribution in [0.4, 0.5) is 0 Å². The second-order valence-electron chi connectivity index (χ2n) is 6.04. The zero-order valence-corrected chi connectivity index (χ0v) is 18.1. The number of imidazole rings is 1. The maximum atomic E-state index is 4.62. The molecule has 0 aliphatic rings. The van der Waals surface area contributed by atoms with Gasteiger partial charge in [0.05, 0.1) is 0 Å². The van der Waals surface area contributed by atoms with E-state index >= 15 is 0 Å². The normalized spacial score (nSPS) is 11.4. The van der Waals surface area contributed by atoms with Crippen LogP contribution in [0, 0.1) is 6.92 Å². The minimum Gasteiger partial charge on any atom is -0.357 e. The quantitative estimate of drug-likeness (QED) is 0.223. The number of pyridine rings is 1. The summed E-state index contributed by atoms with van der Waals surface area (Å²) in [6.45, 7) is 7.26. The molecule has 0 atom stereocenters. The lowest BCUT2D eigenvalue weighted by atomic mass is 10.3. The number of hydrogen-bond acceptors (Lipinski definition) is 4. The number of guanidine groups is 1. The van der Waals surface area contributed by atoms with Gasteiger partial charge in [-0.3, -0.25) is 4.40 Å². The second kappa shape index (κ2) is 10.9. The Hall–Kier alpha value is -2.17. The van der Waals surface area contributed by atoms with Gasteiger partial charge in [0, 0.05) is 38.2 Å². The Kier molecular flexibility index (Phi) is 8.49. The van der Waals surface area contributed by atoms with Crippen molar-refractivity contribution in [2.45, 2.75) is 39.8 Å². The van der Waals surface area contributed by atoms with Crippen molar-refractivity contribution < 1.29 is 0 Å². The van der Waals surface area contributed by atoms with Gasteiger partial charge in [-0.2, -0.15) is 0 Å². The van der Waals surface area contributed by atoms with Gasteiger partial charge in [-0.1, -0.05) is 6.07 Å². The van der Waals surface area contributed by atoms with Crippen molar-refractivity contribution in [2.75, 3.05) is 13.1 Å². The molecule has 0 aliphatic carbocycles. The fourth-order valence-corrected chi connectivity index (χ4v) is 2.74. The van der Waals surface area contributed by atoms with Crippen molar-refractivity contribution in [3.05, 3.63) is 48.4 Å². The van der Waals surface area contributed by atoms with Gasteiger partial charge < -0.3 is 15.2 Å². The Morgan fingerprint density at radius 2 is 2.04 bits per heavy atom. The molecule has 3 aromatic rings. The molecule has 0 bridgehead atoms. The topological polar surface area (TPSA) is 84.4 Å². The average Bonchev–Trinajstić information content (AvgIpc) is 3.25. The van der Waals surface area contributed by atoms with Crippen LogP contribution in [-0.2, 0) is 13.1 Å². The molecule has 146 valence electrons. The maximum absolute atomic E-state index is 4.62. The molecule has 0 radical (unpaired) electrons. The summed E-state index contributed by atoms with van der Waals surface area (Å²) in [4.78, 5) is 8.87. The van der Waals surface area contributed by atoms with E-state index in [1.807, 2.05) is 48.1 Å². The number of fused-ring (bicyclic) bond motifs is 1. The predicted molar refractivity (Wildman–Crippen MR) is 117 cm³/mol. The first-order valence-corrected chi connectivity index (χ1v) is 9.06. The molecule has 0 saturated carbocycles. The average molecular weight is 482 g/mol. The smallest absolute Gasteiger partial charge is 0.191 e. The van der Waals surface area contributed by atoms with E-state index in [1.165, 1.54) is 0 Å². The summed E-state index contributed by atoms with van der Waals surface area (Å²) in [5.74, 6) is 2.70. The van der Waals surface area contributed by atoms with Crippen LogP contribution in [0.15, 0.2) is 41.8 Å². The number of aromatic nitrogens is 5. The van der Waals surface area contributed by atoms with Crippen molar-refractivity contribution >= 4 is 35.6 Å². The number of nitrogens with one attached hydrogen (secondary N) is 2. The highest BCUT2D eigenvalue weighted by Crippen LogP contribution is 2.04. The fourth-order valence-electron chi connectivity index (χ4n) is 2.74. The van der Waals surface area contributed by atoms with Gasteiger partial charge >= 0.3 is 0 Å². The Morgan fingerprint density at radius 3 is 2.81 bits per heavy atom. The van der Waals surface area contributed by atoms with E-state index in [0.29, 0.717) is 6.54 Å². The Balaban J connectivity index is 0.00000261. The van der Waals surface area contributed by atoms with Crippen molar-refractivity contribution in [2.24, 2.45) is 4.99 Å². The number of aryl methyl sites for hydroxylation is 2. The van der Waals surface area contributed by atoms with Gasteiger partial charge in [-0.05, 0) is 38.8 Å². The van der Waals surface area contributed by atoms with Gasteiger partial charge in [0.25, 0.3) is 0 Å². The molecule has 27 heavy (non-hydrogen) atoms. The van der Waals surface area contributed by atoms with Crippen LogP contribution in [0.3, 0.4) is 0 Å². The van der Waals surface area contributed by atoms with Gasteiger partial charge in [0.15, 0.2) is 17.4 Å². The zero-order valence-electron chi connectivity index (χ0n) is 15.8. The minimum absolute atomic E-state index is 0. The Bertz CT molecular complexity index is 854.